The van der Waals surface area contributed by atoms with Crippen LogP contribution in [0.4, 0.5) is 5.69 Å². The summed E-state index contributed by atoms with van der Waals surface area (Å²) in [5, 5.41) is 14.9. The van der Waals surface area contributed by atoms with Gasteiger partial charge in [0.05, 0.1) is 19.9 Å². The molecule has 1 aromatic heterocycles. The van der Waals surface area contributed by atoms with E-state index in [0.717, 1.165) is 0 Å². The number of carbonyl (C=O) groups is 2. The third-order valence-corrected chi connectivity index (χ3v) is 3.64. The summed E-state index contributed by atoms with van der Waals surface area (Å²) in [6.45, 7) is -0.0795. The van der Waals surface area contributed by atoms with E-state index in [2.05, 4.69) is 10.6 Å². The number of ether oxygens (including phenoxy) is 2. The Kier molecular flexibility index (Phi) is 6.02. The van der Waals surface area contributed by atoms with E-state index in [1.165, 1.54) is 14.2 Å². The topological polar surface area (TPSA) is 102 Å². The summed E-state index contributed by atoms with van der Waals surface area (Å²) in [4.78, 5) is 23.9. The summed E-state index contributed by atoms with van der Waals surface area (Å²) in [7, 11) is 4.74. The van der Waals surface area contributed by atoms with E-state index in [9.17, 15) is 14.7 Å². The van der Waals surface area contributed by atoms with Crippen molar-refractivity contribution in [3.63, 3.8) is 0 Å². The van der Waals surface area contributed by atoms with Crippen LogP contribution in [0.1, 0.15) is 11.8 Å². The van der Waals surface area contributed by atoms with Crippen LogP contribution in [-0.2, 0) is 16.6 Å². The summed E-state index contributed by atoms with van der Waals surface area (Å²) < 4.78 is 12.0. The second-order valence-corrected chi connectivity index (χ2v) is 5.29. The summed E-state index contributed by atoms with van der Waals surface area (Å²) in [6, 6.07) is 8.31. The smallest absolute Gasteiger partial charge is 0.313 e. The van der Waals surface area contributed by atoms with Gasteiger partial charge in [-0.15, -0.1) is 0 Å². The van der Waals surface area contributed by atoms with Crippen LogP contribution >= 0.6 is 0 Å². The Morgan fingerprint density at radius 1 is 1.20 bits per heavy atom. The number of rotatable bonds is 6. The fraction of sp³-hybridized carbons (Fsp3) is 0.294. The number of methoxy groups -OCH3 is 2. The van der Waals surface area contributed by atoms with Gasteiger partial charge >= 0.3 is 11.8 Å². The molecule has 1 atom stereocenters. The Labute approximate surface area is 145 Å². The lowest BCUT2D eigenvalue weighted by molar-refractivity contribution is -0.136. The predicted molar refractivity (Wildman–Crippen MR) is 91.6 cm³/mol. The highest BCUT2D eigenvalue weighted by Gasteiger charge is 2.18. The van der Waals surface area contributed by atoms with Gasteiger partial charge < -0.3 is 29.8 Å². The minimum absolute atomic E-state index is 0.0795. The van der Waals surface area contributed by atoms with Gasteiger partial charge in [-0.3, -0.25) is 9.59 Å². The average molecular weight is 347 g/mol. The lowest BCUT2D eigenvalue weighted by atomic mass is 10.2. The maximum absolute atomic E-state index is 12.0. The SMILES string of the molecule is COc1ccc(NC(=O)C(=O)NCC(O)c2cccn2C)c(OC)c1. The summed E-state index contributed by atoms with van der Waals surface area (Å²) in [5.74, 6) is -0.789. The first-order valence-corrected chi connectivity index (χ1v) is 7.56. The zero-order valence-corrected chi connectivity index (χ0v) is 14.3. The molecule has 3 N–H and O–H groups in total. The summed E-state index contributed by atoms with van der Waals surface area (Å²) in [5.41, 5.74) is 0.976. The second kappa shape index (κ2) is 8.20. The lowest BCUT2D eigenvalue weighted by Gasteiger charge is -2.14. The molecule has 1 aromatic carbocycles. The van der Waals surface area contributed by atoms with E-state index in [0.29, 0.717) is 22.9 Å². The molecule has 0 aliphatic carbocycles. The Bertz CT molecular complexity index is 756. The number of nitrogens with zero attached hydrogens (tertiary/aromatic N) is 1. The molecule has 25 heavy (non-hydrogen) atoms. The number of carbonyl (C=O) groups excluding carboxylic acids is 2. The summed E-state index contributed by atoms with van der Waals surface area (Å²) in [6.07, 6.45) is 0.871. The molecular weight excluding hydrogens is 326 g/mol. The molecule has 2 aromatic rings. The Morgan fingerprint density at radius 3 is 2.56 bits per heavy atom. The van der Waals surface area contributed by atoms with Crippen LogP contribution in [-0.4, -0.2) is 42.3 Å². The zero-order valence-electron chi connectivity index (χ0n) is 14.3. The molecule has 2 amide bonds. The number of anilines is 1. The van der Waals surface area contributed by atoms with E-state index < -0.39 is 17.9 Å². The first-order chi connectivity index (χ1) is 12.0. The van der Waals surface area contributed by atoms with Crippen LogP contribution in [0.15, 0.2) is 36.5 Å². The monoisotopic (exact) mass is 347 g/mol. The van der Waals surface area contributed by atoms with E-state index in [-0.39, 0.29) is 6.54 Å². The second-order valence-electron chi connectivity index (χ2n) is 5.29. The fourth-order valence-corrected chi connectivity index (χ4v) is 2.28. The van der Waals surface area contributed by atoms with Crippen LogP contribution in [0, 0.1) is 0 Å². The molecule has 8 heteroatoms. The van der Waals surface area contributed by atoms with E-state index in [1.807, 2.05) is 0 Å². The van der Waals surface area contributed by atoms with Gasteiger partial charge in [-0.05, 0) is 24.3 Å². The van der Waals surface area contributed by atoms with Crippen molar-refractivity contribution in [2.45, 2.75) is 6.10 Å². The molecule has 1 unspecified atom stereocenters. The molecule has 2 rings (SSSR count). The van der Waals surface area contributed by atoms with E-state index in [4.69, 9.17) is 9.47 Å². The van der Waals surface area contributed by atoms with Gasteiger partial charge in [-0.25, -0.2) is 0 Å². The predicted octanol–water partition coefficient (Wildman–Crippen LogP) is 0.831. The summed E-state index contributed by atoms with van der Waals surface area (Å²) >= 11 is 0. The van der Waals surface area contributed by atoms with Crippen molar-refractivity contribution in [2.75, 3.05) is 26.1 Å². The van der Waals surface area contributed by atoms with Crippen LogP contribution in [0.2, 0.25) is 0 Å². The van der Waals surface area contributed by atoms with Gasteiger partial charge in [0.2, 0.25) is 0 Å². The quantitative estimate of drug-likeness (QED) is 0.672. The molecule has 8 nitrogen and oxygen atoms in total. The lowest BCUT2D eigenvalue weighted by Crippen LogP contribution is -2.37. The van der Waals surface area contributed by atoms with E-state index >= 15 is 0 Å². The first kappa shape index (κ1) is 18.3. The Hall–Kier alpha value is -3.00. The molecule has 0 aliphatic heterocycles. The van der Waals surface area contributed by atoms with E-state index in [1.54, 1.807) is 48.1 Å². The van der Waals surface area contributed by atoms with Gasteiger partial charge in [-0.1, -0.05) is 0 Å². The Balaban J connectivity index is 1.94. The normalized spacial score (nSPS) is 11.5. The van der Waals surface area contributed by atoms with Gasteiger partial charge in [0.1, 0.15) is 17.6 Å². The largest absolute Gasteiger partial charge is 0.497 e. The van der Waals surface area contributed by atoms with Crippen molar-refractivity contribution in [2.24, 2.45) is 7.05 Å². The van der Waals surface area contributed by atoms with Crippen molar-refractivity contribution in [3.05, 3.63) is 42.2 Å². The third-order valence-electron chi connectivity index (χ3n) is 3.64. The van der Waals surface area contributed by atoms with Gasteiger partial charge in [0, 0.05) is 31.5 Å². The van der Waals surface area contributed by atoms with Crippen LogP contribution in [0.5, 0.6) is 11.5 Å². The number of benzene rings is 1. The van der Waals surface area contributed by atoms with Crippen molar-refractivity contribution >= 4 is 17.5 Å². The number of aliphatic hydroxyl groups excluding tert-OH is 1. The minimum Gasteiger partial charge on any atom is -0.497 e. The van der Waals surface area contributed by atoms with Crippen molar-refractivity contribution in [3.8, 4) is 11.5 Å². The Morgan fingerprint density at radius 2 is 1.96 bits per heavy atom. The van der Waals surface area contributed by atoms with Gasteiger partial charge in [-0.2, -0.15) is 0 Å². The highest BCUT2D eigenvalue weighted by molar-refractivity contribution is 6.39. The standard InChI is InChI=1S/C17H21N3O5/c1-20-8-4-5-13(20)14(21)10-18-16(22)17(23)19-12-7-6-11(24-2)9-15(12)25-3/h4-9,14,21H,10H2,1-3H3,(H,18,22)(H,19,23). The molecule has 0 saturated carbocycles. The van der Waals surface area contributed by atoms with Crippen molar-refractivity contribution in [1.82, 2.24) is 9.88 Å². The van der Waals surface area contributed by atoms with Gasteiger partial charge in [0.25, 0.3) is 0 Å². The number of aliphatic hydroxyl groups is 1. The molecule has 1 heterocycles. The number of aromatic nitrogens is 1. The maximum Gasteiger partial charge on any atom is 0.313 e. The van der Waals surface area contributed by atoms with Crippen molar-refractivity contribution < 1.29 is 24.2 Å². The molecular formula is C17H21N3O5. The van der Waals surface area contributed by atoms with Crippen LogP contribution in [0.25, 0.3) is 0 Å². The maximum atomic E-state index is 12.0. The van der Waals surface area contributed by atoms with Crippen molar-refractivity contribution in [1.29, 1.82) is 0 Å². The van der Waals surface area contributed by atoms with Crippen LogP contribution < -0.4 is 20.1 Å². The third kappa shape index (κ3) is 4.51. The first-order valence-electron chi connectivity index (χ1n) is 7.56. The number of hydrogen-bond donors (Lipinski definition) is 3. The highest BCUT2D eigenvalue weighted by Crippen LogP contribution is 2.28. The molecule has 0 fully saturated rings. The fourth-order valence-electron chi connectivity index (χ4n) is 2.28. The number of amides is 2. The molecule has 0 radical (unpaired) electrons. The zero-order chi connectivity index (χ0) is 18.4. The number of hydrogen-bond acceptors (Lipinski definition) is 5. The average Bonchev–Trinajstić information content (AvgIpc) is 3.05. The number of aryl methyl sites for hydroxylation is 1. The molecule has 0 bridgehead atoms. The minimum atomic E-state index is -0.910. The highest BCUT2D eigenvalue weighted by atomic mass is 16.5. The van der Waals surface area contributed by atoms with Gasteiger partial charge in [0.15, 0.2) is 0 Å². The number of nitrogens with one attached hydrogen (secondary N) is 2. The molecule has 0 spiro atoms. The molecule has 134 valence electrons. The molecule has 0 aliphatic rings. The molecule has 0 saturated heterocycles. The van der Waals surface area contributed by atoms with Crippen LogP contribution in [0.3, 0.4) is 0 Å².